The summed E-state index contributed by atoms with van der Waals surface area (Å²) < 4.78 is 0. The monoisotopic (exact) mass is 412 g/mol. The van der Waals surface area contributed by atoms with Crippen LogP contribution in [0.4, 0.5) is 0 Å². The molecule has 2 aromatic rings. The molecule has 0 aromatic heterocycles. The number of rotatable bonds is 2. The SMILES string of the molecule is CN(C)[C@@H]1C(=O)C(C(N)=O)=C(O)[C@@]2(O)C(=O)c3c(cc4cccc(O)c4c3O)C[C@H]12. The Morgan fingerprint density at radius 2 is 1.87 bits per heavy atom. The van der Waals surface area contributed by atoms with Crippen LogP contribution < -0.4 is 5.73 Å². The number of phenols is 2. The largest absolute Gasteiger partial charge is 0.508 e. The topological polar surface area (TPSA) is 161 Å². The molecular weight excluding hydrogens is 392 g/mol. The molecule has 0 radical (unpaired) electrons. The average molecular weight is 412 g/mol. The predicted molar refractivity (Wildman–Crippen MR) is 105 cm³/mol. The number of nitrogens with two attached hydrogens (primary N) is 1. The van der Waals surface area contributed by atoms with Crippen LogP contribution >= 0.6 is 0 Å². The Hall–Kier alpha value is -3.43. The highest BCUT2D eigenvalue weighted by atomic mass is 16.3. The van der Waals surface area contributed by atoms with Gasteiger partial charge in [-0.3, -0.25) is 19.3 Å². The first-order valence-corrected chi connectivity index (χ1v) is 9.19. The van der Waals surface area contributed by atoms with Crippen LogP contribution in [0.5, 0.6) is 11.5 Å². The van der Waals surface area contributed by atoms with E-state index in [2.05, 4.69) is 0 Å². The van der Waals surface area contributed by atoms with E-state index in [1.54, 1.807) is 32.3 Å². The van der Waals surface area contributed by atoms with Crippen LogP contribution in [0.15, 0.2) is 35.6 Å². The molecule has 30 heavy (non-hydrogen) atoms. The normalized spacial score (nSPS) is 26.1. The van der Waals surface area contributed by atoms with Crippen molar-refractivity contribution in [2.24, 2.45) is 11.7 Å². The number of aliphatic hydroxyl groups is 2. The molecule has 2 aliphatic rings. The molecule has 0 heterocycles. The number of aromatic hydroxyl groups is 2. The average Bonchev–Trinajstić information content (AvgIpc) is 2.64. The van der Waals surface area contributed by atoms with E-state index in [0.717, 1.165) is 0 Å². The van der Waals surface area contributed by atoms with E-state index in [4.69, 9.17) is 5.73 Å². The van der Waals surface area contributed by atoms with Crippen molar-refractivity contribution in [3.63, 3.8) is 0 Å². The number of likely N-dealkylation sites (N-methyl/N-ethyl adjacent to an activating group) is 1. The van der Waals surface area contributed by atoms with Crippen molar-refractivity contribution in [3.05, 3.63) is 46.7 Å². The summed E-state index contributed by atoms with van der Waals surface area (Å²) in [6.45, 7) is 0. The van der Waals surface area contributed by atoms with Crippen LogP contribution in [0.1, 0.15) is 15.9 Å². The quantitative estimate of drug-likeness (QED) is 0.435. The summed E-state index contributed by atoms with van der Waals surface area (Å²) in [5.41, 5.74) is 1.83. The Morgan fingerprint density at radius 1 is 1.20 bits per heavy atom. The second-order valence-corrected chi connectivity index (χ2v) is 7.90. The molecule has 0 aliphatic heterocycles. The Balaban J connectivity index is 2.07. The van der Waals surface area contributed by atoms with Crippen LogP contribution in [0.25, 0.3) is 10.8 Å². The minimum Gasteiger partial charge on any atom is -0.508 e. The van der Waals surface area contributed by atoms with Crippen molar-refractivity contribution in [1.29, 1.82) is 0 Å². The van der Waals surface area contributed by atoms with Gasteiger partial charge in [0, 0.05) is 5.92 Å². The Bertz CT molecular complexity index is 1180. The molecule has 156 valence electrons. The van der Waals surface area contributed by atoms with Crippen LogP contribution in [0, 0.1) is 5.92 Å². The van der Waals surface area contributed by atoms with Crippen LogP contribution in [0.3, 0.4) is 0 Å². The van der Waals surface area contributed by atoms with Crippen LogP contribution in [0.2, 0.25) is 0 Å². The van der Waals surface area contributed by atoms with Crippen molar-refractivity contribution in [2.75, 3.05) is 14.1 Å². The number of phenolic OH excluding ortho intramolecular Hbond substituents is 2. The van der Waals surface area contributed by atoms with Gasteiger partial charge in [-0.1, -0.05) is 18.2 Å². The molecule has 0 unspecified atom stereocenters. The molecule has 0 spiro atoms. The van der Waals surface area contributed by atoms with Gasteiger partial charge in [0.1, 0.15) is 22.8 Å². The number of aliphatic hydroxyl groups excluding tert-OH is 1. The highest BCUT2D eigenvalue weighted by Gasteiger charge is 2.62. The summed E-state index contributed by atoms with van der Waals surface area (Å²) in [6, 6.07) is 5.02. The van der Waals surface area contributed by atoms with Gasteiger partial charge in [-0.15, -0.1) is 0 Å². The molecule has 1 amide bonds. The zero-order valence-electron chi connectivity index (χ0n) is 16.2. The number of Topliss-reactive ketones (excluding diaryl/α,β-unsaturated/α-hetero) is 2. The third-order valence-corrected chi connectivity index (χ3v) is 6.05. The third-order valence-electron chi connectivity index (χ3n) is 6.05. The fraction of sp³-hybridized carbons (Fsp3) is 0.286. The lowest BCUT2D eigenvalue weighted by Crippen LogP contribution is -2.64. The zero-order chi connectivity index (χ0) is 22.1. The van der Waals surface area contributed by atoms with Gasteiger partial charge in [0.15, 0.2) is 11.4 Å². The van der Waals surface area contributed by atoms with Crippen molar-refractivity contribution in [3.8, 4) is 11.5 Å². The molecule has 9 nitrogen and oxygen atoms in total. The van der Waals surface area contributed by atoms with E-state index >= 15 is 0 Å². The summed E-state index contributed by atoms with van der Waals surface area (Å²) in [6.07, 6.45) is -0.0541. The van der Waals surface area contributed by atoms with Gasteiger partial charge in [-0.25, -0.2) is 0 Å². The number of amides is 1. The lowest BCUT2D eigenvalue weighted by molar-refractivity contribution is -0.132. The summed E-state index contributed by atoms with van der Waals surface area (Å²) in [4.78, 5) is 39.6. The van der Waals surface area contributed by atoms with Gasteiger partial charge in [0.2, 0.25) is 5.78 Å². The second-order valence-electron chi connectivity index (χ2n) is 7.90. The summed E-state index contributed by atoms with van der Waals surface area (Å²) >= 11 is 0. The van der Waals surface area contributed by atoms with E-state index in [0.29, 0.717) is 10.9 Å². The van der Waals surface area contributed by atoms with Crippen molar-refractivity contribution < 1.29 is 34.8 Å². The minimum absolute atomic E-state index is 0.0151. The van der Waals surface area contributed by atoms with Crippen molar-refractivity contribution in [2.45, 2.75) is 18.1 Å². The molecule has 4 rings (SSSR count). The molecule has 6 N–H and O–H groups in total. The fourth-order valence-electron chi connectivity index (χ4n) is 4.72. The fourth-order valence-corrected chi connectivity index (χ4v) is 4.72. The van der Waals surface area contributed by atoms with E-state index in [-0.39, 0.29) is 23.1 Å². The first-order chi connectivity index (χ1) is 14.0. The number of hydrogen-bond acceptors (Lipinski definition) is 8. The maximum atomic E-state index is 13.4. The van der Waals surface area contributed by atoms with Gasteiger partial charge in [-0.2, -0.15) is 0 Å². The van der Waals surface area contributed by atoms with Gasteiger partial charge < -0.3 is 26.2 Å². The third kappa shape index (κ3) is 2.33. The van der Waals surface area contributed by atoms with E-state index in [1.165, 1.54) is 11.0 Å². The maximum absolute atomic E-state index is 13.4. The summed E-state index contributed by atoms with van der Waals surface area (Å²) in [7, 11) is 3.08. The van der Waals surface area contributed by atoms with Crippen LogP contribution in [-0.2, 0) is 16.0 Å². The Labute approximate surface area is 170 Å². The number of primary amides is 1. The predicted octanol–water partition coefficient (Wildman–Crippen LogP) is 0.147. The van der Waals surface area contributed by atoms with E-state index < -0.39 is 52.1 Å². The molecule has 0 bridgehead atoms. The first kappa shape index (κ1) is 19.9. The number of carbonyl (C=O) groups is 3. The van der Waals surface area contributed by atoms with E-state index in [9.17, 15) is 34.8 Å². The van der Waals surface area contributed by atoms with Gasteiger partial charge in [0.05, 0.1) is 17.0 Å². The number of hydrogen-bond donors (Lipinski definition) is 5. The van der Waals surface area contributed by atoms with Crippen molar-refractivity contribution >= 4 is 28.2 Å². The highest BCUT2D eigenvalue weighted by Crippen LogP contribution is 2.49. The minimum atomic E-state index is -2.64. The summed E-state index contributed by atoms with van der Waals surface area (Å²) in [5.74, 6) is -6.20. The van der Waals surface area contributed by atoms with E-state index in [1.807, 2.05) is 0 Å². The zero-order valence-corrected chi connectivity index (χ0v) is 16.2. The number of carbonyl (C=O) groups excluding carboxylic acids is 3. The second kappa shape index (κ2) is 6.28. The van der Waals surface area contributed by atoms with Gasteiger partial charge >= 0.3 is 0 Å². The van der Waals surface area contributed by atoms with Crippen LogP contribution in [-0.4, -0.2) is 68.5 Å². The summed E-state index contributed by atoms with van der Waals surface area (Å²) in [5, 5.41) is 43.4. The molecule has 9 heteroatoms. The number of fused-ring (bicyclic) bond motifs is 3. The molecule has 0 fully saturated rings. The number of benzene rings is 2. The first-order valence-electron chi connectivity index (χ1n) is 9.19. The van der Waals surface area contributed by atoms with Gasteiger partial charge in [0.25, 0.3) is 5.91 Å². The molecule has 0 saturated carbocycles. The highest BCUT2D eigenvalue weighted by molar-refractivity contribution is 6.24. The Morgan fingerprint density at radius 3 is 2.47 bits per heavy atom. The lowest BCUT2D eigenvalue weighted by atomic mass is 9.62. The van der Waals surface area contributed by atoms with Gasteiger partial charge in [-0.05, 0) is 37.5 Å². The lowest BCUT2D eigenvalue weighted by Gasteiger charge is -2.47. The smallest absolute Gasteiger partial charge is 0.255 e. The maximum Gasteiger partial charge on any atom is 0.255 e. The molecular formula is C21H20N2O7. The number of nitrogens with zero attached hydrogens (tertiary/aromatic N) is 1. The molecule has 3 atom stereocenters. The number of ketones is 2. The molecule has 2 aromatic carbocycles. The standard InChI is InChI=1S/C21H20N2O7/c1-23(2)15-10-7-9-6-8-4-3-5-11(24)12(8)16(25)13(9)18(27)21(10,30)19(28)14(17(15)26)20(22)29/h3-6,10,15,24-25,28,30H,7H2,1-2H3,(H2,22,29)/t10-,15+,21+/m1/s1. The Kier molecular flexibility index (Phi) is 4.16. The van der Waals surface area contributed by atoms with Crippen molar-refractivity contribution in [1.82, 2.24) is 4.90 Å². The molecule has 0 saturated heterocycles. The molecule has 2 aliphatic carbocycles.